The van der Waals surface area contributed by atoms with E-state index < -0.39 is 0 Å². The highest BCUT2D eigenvalue weighted by Gasteiger charge is 2.14. The molecule has 0 radical (unpaired) electrons. The Morgan fingerprint density at radius 3 is 3.00 bits per heavy atom. The van der Waals surface area contributed by atoms with E-state index in [-0.39, 0.29) is 0 Å². The molecule has 1 fully saturated rings. The van der Waals surface area contributed by atoms with Crippen molar-refractivity contribution in [2.24, 2.45) is 0 Å². The first-order valence-electron chi connectivity index (χ1n) is 6.87. The molecule has 0 spiro atoms. The average molecular weight is 244 g/mol. The lowest BCUT2D eigenvalue weighted by Gasteiger charge is -2.15. The fraction of sp³-hybridized carbons (Fsp3) is 1.00. The normalized spacial score (nSPS) is 21.9. The summed E-state index contributed by atoms with van der Waals surface area (Å²) in [6.45, 7) is 6.99. The highest BCUT2D eigenvalue weighted by Crippen LogP contribution is 2.16. The van der Waals surface area contributed by atoms with Gasteiger partial charge in [0.2, 0.25) is 0 Å². The van der Waals surface area contributed by atoms with Gasteiger partial charge in [-0.05, 0) is 39.2 Å². The Morgan fingerprint density at radius 1 is 1.41 bits per heavy atom. The quantitative estimate of drug-likeness (QED) is 0.566. The molecule has 1 aliphatic heterocycles. The van der Waals surface area contributed by atoms with Gasteiger partial charge in [0.15, 0.2) is 0 Å². The van der Waals surface area contributed by atoms with Crippen LogP contribution in [0.3, 0.4) is 0 Å². The predicted octanol–water partition coefficient (Wildman–Crippen LogP) is 1.16. The second kappa shape index (κ2) is 9.83. The van der Waals surface area contributed by atoms with E-state index in [1.54, 1.807) is 7.11 Å². The van der Waals surface area contributed by atoms with Gasteiger partial charge in [-0.15, -0.1) is 0 Å². The third-order valence-electron chi connectivity index (χ3n) is 3.15. The van der Waals surface area contributed by atoms with Gasteiger partial charge in [-0.3, -0.25) is 0 Å². The van der Waals surface area contributed by atoms with E-state index in [2.05, 4.69) is 17.6 Å². The average Bonchev–Trinajstić information content (AvgIpc) is 2.83. The molecule has 0 aromatic carbocycles. The number of hydrogen-bond acceptors (Lipinski definition) is 4. The van der Waals surface area contributed by atoms with Crippen molar-refractivity contribution in [1.82, 2.24) is 10.6 Å². The molecule has 0 aromatic heterocycles. The van der Waals surface area contributed by atoms with Gasteiger partial charge < -0.3 is 20.1 Å². The van der Waals surface area contributed by atoms with Crippen LogP contribution in [0.25, 0.3) is 0 Å². The molecule has 0 bridgehead atoms. The van der Waals surface area contributed by atoms with E-state index in [1.807, 2.05) is 0 Å². The van der Waals surface area contributed by atoms with Crippen molar-refractivity contribution in [2.75, 3.05) is 40.0 Å². The maximum atomic E-state index is 5.60. The minimum atomic E-state index is 0.524. The van der Waals surface area contributed by atoms with Crippen LogP contribution in [0.1, 0.15) is 32.6 Å². The summed E-state index contributed by atoms with van der Waals surface area (Å²) in [5, 5.41) is 6.88. The lowest BCUT2D eigenvalue weighted by molar-refractivity contribution is 0.102. The highest BCUT2D eigenvalue weighted by atomic mass is 16.5. The van der Waals surface area contributed by atoms with E-state index in [9.17, 15) is 0 Å². The maximum absolute atomic E-state index is 5.60. The second-order valence-corrected chi connectivity index (χ2v) is 4.83. The van der Waals surface area contributed by atoms with Gasteiger partial charge in [0.25, 0.3) is 0 Å². The van der Waals surface area contributed by atoms with Crippen molar-refractivity contribution < 1.29 is 9.47 Å². The van der Waals surface area contributed by atoms with Gasteiger partial charge in [0, 0.05) is 32.8 Å². The third-order valence-corrected chi connectivity index (χ3v) is 3.15. The number of rotatable bonds is 10. The van der Waals surface area contributed by atoms with Gasteiger partial charge in [-0.1, -0.05) is 0 Å². The summed E-state index contributed by atoms with van der Waals surface area (Å²) in [5.74, 6) is 0. The van der Waals surface area contributed by atoms with Gasteiger partial charge in [0.05, 0.1) is 12.7 Å². The third kappa shape index (κ3) is 7.71. The van der Waals surface area contributed by atoms with Crippen molar-refractivity contribution >= 4 is 0 Å². The molecular weight excluding hydrogens is 216 g/mol. The Bertz CT molecular complexity index is 173. The van der Waals surface area contributed by atoms with Gasteiger partial charge in [0.1, 0.15) is 0 Å². The van der Waals surface area contributed by atoms with Crippen LogP contribution in [-0.4, -0.2) is 52.1 Å². The predicted molar refractivity (Wildman–Crippen MR) is 70.4 cm³/mol. The van der Waals surface area contributed by atoms with Crippen LogP contribution in [0.2, 0.25) is 0 Å². The summed E-state index contributed by atoms with van der Waals surface area (Å²) in [4.78, 5) is 0. The van der Waals surface area contributed by atoms with Crippen molar-refractivity contribution in [3.63, 3.8) is 0 Å². The zero-order valence-corrected chi connectivity index (χ0v) is 11.3. The molecule has 0 aliphatic carbocycles. The van der Waals surface area contributed by atoms with Gasteiger partial charge in [-0.2, -0.15) is 0 Å². The molecule has 0 saturated carbocycles. The first-order valence-corrected chi connectivity index (χ1v) is 6.87. The molecule has 0 amide bonds. The highest BCUT2D eigenvalue weighted by molar-refractivity contribution is 4.67. The number of nitrogens with one attached hydrogen (secondary N) is 2. The number of ether oxygens (including phenoxy) is 2. The Labute approximate surface area is 105 Å². The molecular formula is C13H28N2O2. The van der Waals surface area contributed by atoms with E-state index in [4.69, 9.17) is 9.47 Å². The number of methoxy groups -OCH3 is 1. The summed E-state index contributed by atoms with van der Waals surface area (Å²) in [7, 11) is 1.73. The Kier molecular flexibility index (Phi) is 8.61. The number of hydrogen-bond donors (Lipinski definition) is 2. The van der Waals surface area contributed by atoms with Gasteiger partial charge >= 0.3 is 0 Å². The maximum Gasteiger partial charge on any atom is 0.0587 e. The van der Waals surface area contributed by atoms with Crippen LogP contribution in [0.15, 0.2) is 0 Å². The van der Waals surface area contributed by atoms with Crippen LogP contribution in [0, 0.1) is 0 Å². The Morgan fingerprint density at radius 2 is 2.29 bits per heavy atom. The smallest absolute Gasteiger partial charge is 0.0587 e. The SMILES string of the molecule is COCCNCC(C)NCCCC1CCCO1. The molecule has 2 unspecified atom stereocenters. The molecule has 2 N–H and O–H groups in total. The summed E-state index contributed by atoms with van der Waals surface area (Å²) >= 11 is 0. The van der Waals surface area contributed by atoms with Crippen molar-refractivity contribution in [3.05, 3.63) is 0 Å². The van der Waals surface area contributed by atoms with E-state index in [1.165, 1.54) is 25.7 Å². The topological polar surface area (TPSA) is 42.5 Å². The zero-order chi connectivity index (χ0) is 12.3. The largest absolute Gasteiger partial charge is 0.383 e. The second-order valence-electron chi connectivity index (χ2n) is 4.83. The lowest BCUT2D eigenvalue weighted by Crippen LogP contribution is -2.38. The standard InChI is InChI=1S/C13H28N2O2/c1-12(11-14-8-10-16-2)15-7-3-5-13-6-4-9-17-13/h12-15H,3-11H2,1-2H3. The van der Waals surface area contributed by atoms with Crippen LogP contribution in [0.4, 0.5) is 0 Å². The minimum absolute atomic E-state index is 0.524. The minimum Gasteiger partial charge on any atom is -0.383 e. The molecule has 1 rings (SSSR count). The molecule has 1 aliphatic rings. The van der Waals surface area contributed by atoms with Crippen LogP contribution in [0.5, 0.6) is 0 Å². The monoisotopic (exact) mass is 244 g/mol. The first kappa shape index (κ1) is 14.9. The molecule has 1 saturated heterocycles. The molecule has 4 heteroatoms. The van der Waals surface area contributed by atoms with E-state index >= 15 is 0 Å². The Balaban J connectivity index is 1.84. The summed E-state index contributed by atoms with van der Waals surface area (Å²) < 4.78 is 10.6. The first-order chi connectivity index (χ1) is 8.33. The summed E-state index contributed by atoms with van der Waals surface area (Å²) in [5.41, 5.74) is 0. The van der Waals surface area contributed by atoms with Crippen LogP contribution in [-0.2, 0) is 9.47 Å². The summed E-state index contributed by atoms with van der Waals surface area (Å²) in [6, 6.07) is 0.524. The van der Waals surface area contributed by atoms with E-state index in [0.29, 0.717) is 12.1 Å². The molecule has 102 valence electrons. The van der Waals surface area contributed by atoms with Crippen molar-refractivity contribution in [2.45, 2.75) is 44.8 Å². The van der Waals surface area contributed by atoms with Crippen molar-refractivity contribution in [1.29, 1.82) is 0 Å². The lowest BCUT2D eigenvalue weighted by atomic mass is 10.1. The molecule has 4 nitrogen and oxygen atoms in total. The molecule has 0 aromatic rings. The van der Waals surface area contributed by atoms with E-state index in [0.717, 1.165) is 32.8 Å². The summed E-state index contributed by atoms with van der Waals surface area (Å²) in [6.07, 6.45) is 5.46. The van der Waals surface area contributed by atoms with Crippen LogP contribution < -0.4 is 10.6 Å². The van der Waals surface area contributed by atoms with Gasteiger partial charge in [-0.25, -0.2) is 0 Å². The zero-order valence-electron chi connectivity index (χ0n) is 11.3. The molecule has 2 atom stereocenters. The van der Waals surface area contributed by atoms with Crippen molar-refractivity contribution in [3.8, 4) is 0 Å². The fourth-order valence-electron chi connectivity index (χ4n) is 2.12. The van der Waals surface area contributed by atoms with Crippen LogP contribution >= 0.6 is 0 Å². The fourth-order valence-corrected chi connectivity index (χ4v) is 2.12. The molecule has 17 heavy (non-hydrogen) atoms. The Hall–Kier alpha value is -0.160. The molecule has 1 heterocycles.